The third kappa shape index (κ3) is 51.7. The van der Waals surface area contributed by atoms with Gasteiger partial charge in [0.05, 0.1) is 18.8 Å². The Morgan fingerprint density at radius 1 is 0.365 bits per heavy atom. The lowest BCUT2D eigenvalue weighted by Gasteiger charge is -2.20. The first kappa shape index (κ1) is 61.9. The Kier molecular flexibility index (Phi) is 54.2. The highest BCUT2D eigenvalue weighted by Gasteiger charge is 2.18. The van der Waals surface area contributed by atoms with Gasteiger partial charge in [-0.25, -0.2) is 0 Å². The monoisotopic (exact) mass is 886 g/mol. The highest BCUT2D eigenvalue weighted by Crippen LogP contribution is 2.18. The molecule has 0 aromatic heterocycles. The van der Waals surface area contributed by atoms with E-state index in [2.05, 4.69) is 31.3 Å². The molecule has 0 bridgehead atoms. The highest BCUT2D eigenvalue weighted by molar-refractivity contribution is 5.76. The fourth-order valence-electron chi connectivity index (χ4n) is 9.24. The van der Waals surface area contributed by atoms with E-state index in [0.29, 0.717) is 6.42 Å². The number of aliphatic hydroxyl groups excluding tert-OH is 2. The van der Waals surface area contributed by atoms with Crippen molar-refractivity contribution in [2.75, 3.05) is 6.61 Å². The Morgan fingerprint density at radius 2 is 0.603 bits per heavy atom. The smallest absolute Gasteiger partial charge is 0.220 e. The predicted octanol–water partition coefficient (Wildman–Crippen LogP) is 19.1. The van der Waals surface area contributed by atoms with Crippen LogP contribution in [0, 0.1) is 0 Å². The molecule has 0 aliphatic heterocycles. The van der Waals surface area contributed by atoms with Crippen LogP contribution in [-0.2, 0) is 4.79 Å². The van der Waals surface area contributed by atoms with Crippen LogP contribution in [0.3, 0.4) is 0 Å². The Morgan fingerprint density at radius 3 is 0.873 bits per heavy atom. The lowest BCUT2D eigenvalue weighted by Crippen LogP contribution is -2.45. The summed E-state index contributed by atoms with van der Waals surface area (Å²) >= 11 is 0. The number of allylic oxidation sites excluding steroid dienone is 3. The van der Waals surface area contributed by atoms with Crippen LogP contribution in [0.15, 0.2) is 24.3 Å². The molecule has 0 aliphatic carbocycles. The van der Waals surface area contributed by atoms with Crippen LogP contribution in [0.25, 0.3) is 0 Å². The Hall–Kier alpha value is -1.13. The molecule has 2 unspecified atom stereocenters. The van der Waals surface area contributed by atoms with E-state index in [-0.39, 0.29) is 12.5 Å². The van der Waals surface area contributed by atoms with Crippen molar-refractivity contribution in [3.05, 3.63) is 24.3 Å². The maximum absolute atomic E-state index is 12.5. The number of aliphatic hydroxyl groups is 2. The fraction of sp³-hybridized carbons (Fsp3) is 0.915. The molecule has 0 aliphatic rings. The van der Waals surface area contributed by atoms with Crippen molar-refractivity contribution in [3.8, 4) is 0 Å². The van der Waals surface area contributed by atoms with Crippen molar-refractivity contribution in [1.29, 1.82) is 0 Å². The van der Waals surface area contributed by atoms with E-state index in [1.165, 1.54) is 283 Å². The van der Waals surface area contributed by atoms with Gasteiger partial charge in [0, 0.05) is 6.42 Å². The first-order valence-electron chi connectivity index (χ1n) is 29.1. The van der Waals surface area contributed by atoms with Crippen LogP contribution in [0.4, 0.5) is 0 Å². The van der Waals surface area contributed by atoms with Crippen LogP contribution in [-0.4, -0.2) is 34.9 Å². The summed E-state index contributed by atoms with van der Waals surface area (Å²) in [6.07, 6.45) is 73.5. The van der Waals surface area contributed by atoms with E-state index in [4.69, 9.17) is 0 Å². The summed E-state index contributed by atoms with van der Waals surface area (Å²) in [4.78, 5) is 12.5. The number of rotatable bonds is 54. The molecule has 3 N–H and O–H groups in total. The first-order chi connectivity index (χ1) is 31.2. The number of carbonyl (C=O) groups is 1. The van der Waals surface area contributed by atoms with Gasteiger partial charge >= 0.3 is 0 Å². The van der Waals surface area contributed by atoms with Crippen LogP contribution in [0.2, 0.25) is 0 Å². The van der Waals surface area contributed by atoms with Gasteiger partial charge in [0.25, 0.3) is 0 Å². The number of unbranched alkanes of at least 4 members (excludes halogenated alkanes) is 45. The molecule has 374 valence electrons. The van der Waals surface area contributed by atoms with Crippen molar-refractivity contribution < 1.29 is 15.0 Å². The van der Waals surface area contributed by atoms with Crippen LogP contribution >= 0.6 is 0 Å². The molecule has 4 heteroatoms. The van der Waals surface area contributed by atoms with E-state index >= 15 is 0 Å². The summed E-state index contributed by atoms with van der Waals surface area (Å²) in [5.41, 5.74) is 0. The molecule has 0 saturated heterocycles. The summed E-state index contributed by atoms with van der Waals surface area (Å²) in [5.74, 6) is -0.0576. The summed E-state index contributed by atoms with van der Waals surface area (Å²) in [5, 5.41) is 23.2. The van der Waals surface area contributed by atoms with Gasteiger partial charge < -0.3 is 15.5 Å². The summed E-state index contributed by atoms with van der Waals surface area (Å²) in [6, 6.07) is -0.620. The second kappa shape index (κ2) is 55.2. The van der Waals surface area contributed by atoms with E-state index < -0.39 is 12.1 Å². The van der Waals surface area contributed by atoms with E-state index in [1.54, 1.807) is 6.08 Å². The molecule has 0 radical (unpaired) electrons. The highest BCUT2D eigenvalue weighted by atomic mass is 16.3. The molecule has 1 amide bonds. The second-order valence-electron chi connectivity index (χ2n) is 20.1. The van der Waals surface area contributed by atoms with Crippen molar-refractivity contribution in [1.82, 2.24) is 5.32 Å². The van der Waals surface area contributed by atoms with Gasteiger partial charge in [-0.2, -0.15) is 0 Å². The molecule has 2 atom stereocenters. The van der Waals surface area contributed by atoms with Crippen LogP contribution < -0.4 is 5.32 Å². The minimum atomic E-state index is -0.838. The van der Waals surface area contributed by atoms with Crippen LogP contribution in [0.5, 0.6) is 0 Å². The van der Waals surface area contributed by atoms with E-state index in [0.717, 1.165) is 25.7 Å². The minimum Gasteiger partial charge on any atom is -0.394 e. The van der Waals surface area contributed by atoms with Gasteiger partial charge in [0.2, 0.25) is 5.91 Å². The van der Waals surface area contributed by atoms with Gasteiger partial charge in [0.1, 0.15) is 0 Å². The van der Waals surface area contributed by atoms with Crippen molar-refractivity contribution in [2.45, 2.75) is 341 Å². The summed E-state index contributed by atoms with van der Waals surface area (Å²) < 4.78 is 0. The SMILES string of the molecule is CCCCCCCCCC/C=C\CCCCCCCCCCCCCCCCCC(=O)NC(CO)C(O)/C=C/CCCCCCCCCCCCCCCCCCCCCCCC. The first-order valence-corrected chi connectivity index (χ1v) is 29.1. The van der Waals surface area contributed by atoms with Gasteiger partial charge in [0.15, 0.2) is 0 Å². The van der Waals surface area contributed by atoms with Crippen LogP contribution in [0.1, 0.15) is 328 Å². The second-order valence-corrected chi connectivity index (χ2v) is 20.1. The zero-order valence-corrected chi connectivity index (χ0v) is 43.1. The summed E-state index contributed by atoms with van der Waals surface area (Å²) in [7, 11) is 0. The third-order valence-corrected chi connectivity index (χ3v) is 13.7. The molecule has 0 spiro atoms. The lowest BCUT2D eigenvalue weighted by atomic mass is 10.0. The van der Waals surface area contributed by atoms with E-state index in [9.17, 15) is 15.0 Å². The number of amides is 1. The molecule has 0 aromatic rings. The molecular weight excluding hydrogens is 771 g/mol. The molecule has 0 heterocycles. The third-order valence-electron chi connectivity index (χ3n) is 13.7. The Balaban J connectivity index is 3.46. The molecule has 0 rings (SSSR count). The quantitative estimate of drug-likeness (QED) is 0.0421. The van der Waals surface area contributed by atoms with Gasteiger partial charge in [-0.05, 0) is 44.9 Å². The number of carbonyl (C=O) groups excluding carboxylic acids is 1. The largest absolute Gasteiger partial charge is 0.394 e. The zero-order chi connectivity index (χ0) is 45.6. The molecule has 0 fully saturated rings. The molecule has 4 nitrogen and oxygen atoms in total. The topological polar surface area (TPSA) is 69.6 Å². The maximum Gasteiger partial charge on any atom is 0.220 e. The van der Waals surface area contributed by atoms with Gasteiger partial charge in [-0.1, -0.05) is 301 Å². The average Bonchev–Trinajstić information content (AvgIpc) is 3.29. The summed E-state index contributed by atoms with van der Waals surface area (Å²) in [6.45, 7) is 4.35. The number of hydrogen-bond donors (Lipinski definition) is 3. The average molecular weight is 887 g/mol. The van der Waals surface area contributed by atoms with Crippen molar-refractivity contribution >= 4 is 5.91 Å². The normalized spacial score (nSPS) is 12.9. The Labute approximate surface area is 396 Å². The van der Waals surface area contributed by atoms with E-state index in [1.807, 2.05) is 6.08 Å². The fourth-order valence-corrected chi connectivity index (χ4v) is 9.24. The lowest BCUT2D eigenvalue weighted by molar-refractivity contribution is -0.123. The molecular formula is C59H115NO3. The Bertz CT molecular complexity index is 916. The maximum atomic E-state index is 12.5. The molecule has 63 heavy (non-hydrogen) atoms. The van der Waals surface area contributed by atoms with Gasteiger partial charge in [-0.15, -0.1) is 0 Å². The van der Waals surface area contributed by atoms with Gasteiger partial charge in [-0.3, -0.25) is 4.79 Å². The predicted molar refractivity (Wildman–Crippen MR) is 281 cm³/mol. The zero-order valence-electron chi connectivity index (χ0n) is 43.1. The number of hydrogen-bond acceptors (Lipinski definition) is 3. The molecule has 0 saturated carbocycles. The van der Waals surface area contributed by atoms with Crippen molar-refractivity contribution in [3.63, 3.8) is 0 Å². The van der Waals surface area contributed by atoms with Crippen molar-refractivity contribution in [2.24, 2.45) is 0 Å². The minimum absolute atomic E-state index is 0.0576. The standard InChI is InChI=1S/C59H115NO3/c1-3-5-7-9-11-13-15-17-19-21-23-25-27-29-30-31-33-35-37-39-41-43-45-47-49-51-53-55-59(63)60-57(56-61)58(62)54-52-50-48-46-44-42-40-38-36-34-32-28-26-24-22-20-18-16-14-12-10-8-6-4-2/h21,23,52,54,57-58,61-62H,3-20,22,24-51,53,55-56H2,1-2H3,(H,60,63)/b23-21-,54-52+. The molecule has 0 aromatic carbocycles. The number of nitrogens with one attached hydrogen (secondary N) is 1.